The highest BCUT2D eigenvalue weighted by Crippen LogP contribution is 2.03. The highest BCUT2D eigenvalue weighted by Gasteiger charge is 2.02. The summed E-state index contributed by atoms with van der Waals surface area (Å²) in [5.41, 5.74) is 0. The molecular formula is C9H17NOS. The van der Waals surface area contributed by atoms with E-state index in [0.29, 0.717) is 0 Å². The first-order valence-corrected chi connectivity index (χ1v) is 5.36. The molecule has 0 spiro atoms. The van der Waals surface area contributed by atoms with Gasteiger partial charge in [0.2, 0.25) is 5.91 Å². The lowest BCUT2D eigenvalue weighted by molar-refractivity contribution is -0.117. The fourth-order valence-electron chi connectivity index (χ4n) is 0.778. The highest BCUT2D eigenvalue weighted by molar-refractivity contribution is 7.99. The summed E-state index contributed by atoms with van der Waals surface area (Å²) in [5.74, 6) is 2.17. The van der Waals surface area contributed by atoms with Crippen LogP contribution in [0.4, 0.5) is 0 Å². The Labute approximate surface area is 78.8 Å². The van der Waals surface area contributed by atoms with Gasteiger partial charge >= 0.3 is 0 Å². The molecule has 70 valence electrons. The van der Waals surface area contributed by atoms with E-state index < -0.39 is 0 Å². The first-order valence-electron chi connectivity index (χ1n) is 4.21. The summed E-state index contributed by atoms with van der Waals surface area (Å²) in [4.78, 5) is 10.8. The third-order valence-corrected chi connectivity index (χ3v) is 2.41. The Kier molecular flexibility index (Phi) is 6.96. The summed E-state index contributed by atoms with van der Waals surface area (Å²) >= 11 is 1.89. The molecule has 0 aliphatic heterocycles. The second-order valence-electron chi connectivity index (χ2n) is 2.60. The lowest BCUT2D eigenvalue weighted by atomic mass is 10.2. The molecule has 1 amide bonds. The van der Waals surface area contributed by atoms with Gasteiger partial charge < -0.3 is 5.32 Å². The molecule has 0 saturated heterocycles. The van der Waals surface area contributed by atoms with Gasteiger partial charge in [-0.2, -0.15) is 11.8 Å². The van der Waals surface area contributed by atoms with E-state index in [1.165, 1.54) is 6.08 Å². The zero-order valence-corrected chi connectivity index (χ0v) is 8.62. The predicted octanol–water partition coefficient (Wildman–Crippen LogP) is 1.82. The monoisotopic (exact) mass is 187 g/mol. The van der Waals surface area contributed by atoms with E-state index >= 15 is 0 Å². The van der Waals surface area contributed by atoms with Gasteiger partial charge in [0.05, 0.1) is 0 Å². The molecule has 0 fully saturated rings. The van der Waals surface area contributed by atoms with Crippen molar-refractivity contribution < 1.29 is 4.79 Å². The average Bonchev–Trinajstić information content (AvgIpc) is 2.05. The molecule has 1 unspecified atom stereocenters. The minimum Gasteiger partial charge on any atom is -0.350 e. The molecule has 0 bridgehead atoms. The molecule has 0 aliphatic carbocycles. The summed E-state index contributed by atoms with van der Waals surface area (Å²) in [6, 6.07) is 0.259. The normalized spacial score (nSPS) is 12.2. The van der Waals surface area contributed by atoms with Crippen molar-refractivity contribution >= 4 is 17.7 Å². The topological polar surface area (TPSA) is 29.1 Å². The first kappa shape index (κ1) is 11.6. The summed E-state index contributed by atoms with van der Waals surface area (Å²) in [6.07, 6.45) is 2.33. The van der Waals surface area contributed by atoms with Crippen LogP contribution in [0.2, 0.25) is 0 Å². The quantitative estimate of drug-likeness (QED) is 0.507. The molecule has 1 N–H and O–H groups in total. The van der Waals surface area contributed by atoms with E-state index in [4.69, 9.17) is 0 Å². The van der Waals surface area contributed by atoms with Crippen LogP contribution in [0, 0.1) is 0 Å². The summed E-state index contributed by atoms with van der Waals surface area (Å²) in [5, 5.41) is 2.82. The minimum absolute atomic E-state index is 0.0796. The Hall–Kier alpha value is -0.440. The fraction of sp³-hybridized carbons (Fsp3) is 0.667. The van der Waals surface area contributed by atoms with Gasteiger partial charge in [-0.25, -0.2) is 0 Å². The average molecular weight is 187 g/mol. The van der Waals surface area contributed by atoms with Crippen LogP contribution in [0.15, 0.2) is 12.7 Å². The molecule has 12 heavy (non-hydrogen) atoms. The highest BCUT2D eigenvalue weighted by atomic mass is 32.2. The molecule has 0 rings (SSSR count). The van der Waals surface area contributed by atoms with Crippen LogP contribution >= 0.6 is 11.8 Å². The molecule has 0 radical (unpaired) electrons. The van der Waals surface area contributed by atoms with Gasteiger partial charge in [0.25, 0.3) is 0 Å². The van der Waals surface area contributed by atoms with Gasteiger partial charge in [0, 0.05) is 6.04 Å². The van der Waals surface area contributed by atoms with E-state index in [1.54, 1.807) is 0 Å². The summed E-state index contributed by atoms with van der Waals surface area (Å²) in [7, 11) is 0. The SMILES string of the molecule is C=CC(=O)NC(C)CCSCC. The molecule has 0 saturated carbocycles. The number of amides is 1. The number of rotatable bonds is 6. The zero-order chi connectivity index (χ0) is 9.40. The maximum absolute atomic E-state index is 10.8. The van der Waals surface area contributed by atoms with Gasteiger partial charge in [-0.1, -0.05) is 13.5 Å². The molecule has 1 atom stereocenters. The van der Waals surface area contributed by atoms with Crippen molar-refractivity contribution in [3.05, 3.63) is 12.7 Å². The van der Waals surface area contributed by atoms with Crippen molar-refractivity contribution in [2.45, 2.75) is 26.3 Å². The second-order valence-corrected chi connectivity index (χ2v) is 3.99. The van der Waals surface area contributed by atoms with Crippen LogP contribution in [0.1, 0.15) is 20.3 Å². The van der Waals surface area contributed by atoms with Crippen LogP contribution in [-0.2, 0) is 4.79 Å². The molecule has 2 nitrogen and oxygen atoms in total. The summed E-state index contributed by atoms with van der Waals surface area (Å²) < 4.78 is 0. The standard InChI is InChI=1S/C9H17NOS/c1-4-9(11)10-8(3)6-7-12-5-2/h4,8H,1,5-7H2,2-3H3,(H,10,11). The van der Waals surface area contributed by atoms with E-state index in [-0.39, 0.29) is 11.9 Å². The van der Waals surface area contributed by atoms with Crippen LogP contribution in [0.5, 0.6) is 0 Å². The number of carbonyl (C=O) groups is 1. The van der Waals surface area contributed by atoms with Crippen molar-refractivity contribution in [2.75, 3.05) is 11.5 Å². The van der Waals surface area contributed by atoms with Crippen LogP contribution < -0.4 is 5.32 Å². The predicted molar refractivity (Wildman–Crippen MR) is 55.4 cm³/mol. The number of thioether (sulfide) groups is 1. The second kappa shape index (κ2) is 7.22. The Morgan fingerprint density at radius 3 is 2.92 bits per heavy atom. The van der Waals surface area contributed by atoms with Crippen LogP contribution in [-0.4, -0.2) is 23.5 Å². The van der Waals surface area contributed by atoms with Crippen molar-refractivity contribution in [1.29, 1.82) is 0 Å². The lowest BCUT2D eigenvalue weighted by Gasteiger charge is -2.11. The van der Waals surface area contributed by atoms with E-state index in [0.717, 1.165) is 17.9 Å². The molecule has 0 aromatic heterocycles. The molecule has 0 aliphatic rings. The van der Waals surface area contributed by atoms with E-state index in [1.807, 2.05) is 18.7 Å². The van der Waals surface area contributed by atoms with E-state index in [9.17, 15) is 4.79 Å². The minimum atomic E-state index is -0.0796. The molecular weight excluding hydrogens is 170 g/mol. The molecule has 0 aromatic carbocycles. The van der Waals surface area contributed by atoms with Crippen LogP contribution in [0.25, 0.3) is 0 Å². The van der Waals surface area contributed by atoms with Gasteiger partial charge in [-0.05, 0) is 30.9 Å². The van der Waals surface area contributed by atoms with Gasteiger partial charge in [0.15, 0.2) is 0 Å². The Morgan fingerprint density at radius 2 is 2.42 bits per heavy atom. The molecule has 3 heteroatoms. The maximum Gasteiger partial charge on any atom is 0.243 e. The van der Waals surface area contributed by atoms with E-state index in [2.05, 4.69) is 18.8 Å². The number of carbonyl (C=O) groups excluding carboxylic acids is 1. The number of hydrogen-bond donors (Lipinski definition) is 1. The third kappa shape index (κ3) is 6.28. The molecule has 0 heterocycles. The van der Waals surface area contributed by atoms with Crippen molar-refractivity contribution in [2.24, 2.45) is 0 Å². The smallest absolute Gasteiger partial charge is 0.243 e. The zero-order valence-electron chi connectivity index (χ0n) is 7.80. The van der Waals surface area contributed by atoms with Gasteiger partial charge in [-0.15, -0.1) is 0 Å². The van der Waals surface area contributed by atoms with Crippen molar-refractivity contribution in [3.63, 3.8) is 0 Å². The lowest BCUT2D eigenvalue weighted by Crippen LogP contribution is -2.31. The van der Waals surface area contributed by atoms with Crippen molar-refractivity contribution in [1.82, 2.24) is 5.32 Å². The van der Waals surface area contributed by atoms with Gasteiger partial charge in [0.1, 0.15) is 0 Å². The third-order valence-electron chi connectivity index (χ3n) is 1.47. The molecule has 0 aromatic rings. The number of hydrogen-bond acceptors (Lipinski definition) is 2. The largest absolute Gasteiger partial charge is 0.350 e. The van der Waals surface area contributed by atoms with Crippen molar-refractivity contribution in [3.8, 4) is 0 Å². The van der Waals surface area contributed by atoms with Crippen LogP contribution in [0.3, 0.4) is 0 Å². The Bertz CT molecular complexity index is 147. The number of nitrogens with one attached hydrogen (secondary N) is 1. The maximum atomic E-state index is 10.8. The Morgan fingerprint density at radius 1 is 1.75 bits per heavy atom. The summed E-state index contributed by atoms with van der Waals surface area (Å²) in [6.45, 7) is 7.54. The fourth-order valence-corrected chi connectivity index (χ4v) is 1.59. The first-order chi connectivity index (χ1) is 5.70. The van der Waals surface area contributed by atoms with Gasteiger partial charge in [-0.3, -0.25) is 4.79 Å². The Balaban J connectivity index is 3.38.